The lowest BCUT2D eigenvalue weighted by molar-refractivity contribution is 0.304. The Labute approximate surface area is 102 Å². The van der Waals surface area contributed by atoms with Crippen molar-refractivity contribution in [2.24, 2.45) is 0 Å². The van der Waals surface area contributed by atoms with Gasteiger partial charge in [0.25, 0.3) is 0 Å². The summed E-state index contributed by atoms with van der Waals surface area (Å²) in [4.78, 5) is 0. The van der Waals surface area contributed by atoms with E-state index >= 15 is 0 Å². The molecule has 0 atom stereocenters. The summed E-state index contributed by atoms with van der Waals surface area (Å²) in [7, 11) is 0. The van der Waals surface area contributed by atoms with Crippen LogP contribution >= 0.6 is 0 Å². The zero-order valence-electron chi connectivity index (χ0n) is 9.58. The third-order valence-corrected chi connectivity index (χ3v) is 2.10. The molecule has 2 rings (SSSR count). The molecule has 1 N–H and O–H groups in total. The molecule has 0 aromatic heterocycles. The van der Waals surface area contributed by atoms with Crippen LogP contribution in [0.15, 0.2) is 60.7 Å². The molecule has 0 heterocycles. The zero-order chi connectivity index (χ0) is 12.3. The second kappa shape index (κ2) is 8.09. The molecule has 0 spiro atoms. The SMILES string of the molecule is N#CCCO.c1ccc(-c2ccccc2)cc1. The van der Waals surface area contributed by atoms with E-state index in [0.717, 1.165) is 0 Å². The van der Waals surface area contributed by atoms with Crippen LogP contribution in [0.4, 0.5) is 0 Å². The van der Waals surface area contributed by atoms with Gasteiger partial charge < -0.3 is 5.11 Å². The number of hydrogen-bond donors (Lipinski definition) is 1. The molecular weight excluding hydrogens is 210 g/mol. The standard InChI is InChI=1S/C12H10.C3H5NO/c1-3-7-11(8-4-1)12-9-5-2-6-10-12;4-2-1-3-5/h1-10H;5H,1,3H2. The summed E-state index contributed by atoms with van der Waals surface area (Å²) in [6.07, 6.45) is 0.250. The van der Waals surface area contributed by atoms with E-state index in [1.54, 1.807) is 6.07 Å². The fourth-order valence-electron chi connectivity index (χ4n) is 1.31. The maximum absolute atomic E-state index is 7.84. The molecular formula is C15H15NO. The van der Waals surface area contributed by atoms with E-state index < -0.39 is 0 Å². The van der Waals surface area contributed by atoms with E-state index in [2.05, 4.69) is 48.5 Å². The first-order valence-corrected chi connectivity index (χ1v) is 5.46. The van der Waals surface area contributed by atoms with Gasteiger partial charge in [0.2, 0.25) is 0 Å². The number of aliphatic hydroxyl groups excluding tert-OH is 1. The predicted molar refractivity (Wildman–Crippen MR) is 69.2 cm³/mol. The van der Waals surface area contributed by atoms with Gasteiger partial charge in [0.15, 0.2) is 0 Å². The van der Waals surface area contributed by atoms with Crippen LogP contribution in [-0.4, -0.2) is 11.7 Å². The summed E-state index contributed by atoms with van der Waals surface area (Å²) in [5.74, 6) is 0. The molecule has 2 aromatic rings. The Morgan fingerprint density at radius 2 is 1.24 bits per heavy atom. The Balaban J connectivity index is 0.000000249. The fraction of sp³-hybridized carbons (Fsp3) is 0.133. The molecule has 0 unspecified atom stereocenters. The molecule has 0 aliphatic rings. The van der Waals surface area contributed by atoms with Gasteiger partial charge in [0, 0.05) is 0 Å². The highest BCUT2D eigenvalue weighted by Gasteiger charge is 1.91. The van der Waals surface area contributed by atoms with Crippen molar-refractivity contribution in [3.8, 4) is 17.2 Å². The number of hydrogen-bond acceptors (Lipinski definition) is 2. The van der Waals surface area contributed by atoms with Crippen molar-refractivity contribution in [1.29, 1.82) is 5.26 Å². The number of rotatable bonds is 2. The molecule has 0 saturated heterocycles. The molecule has 2 heteroatoms. The maximum Gasteiger partial charge on any atom is 0.0645 e. The van der Waals surface area contributed by atoms with E-state index in [1.807, 2.05) is 12.1 Å². The van der Waals surface area contributed by atoms with Gasteiger partial charge in [-0.1, -0.05) is 60.7 Å². The molecule has 0 amide bonds. The van der Waals surface area contributed by atoms with E-state index in [1.165, 1.54) is 11.1 Å². The van der Waals surface area contributed by atoms with Crippen molar-refractivity contribution in [2.45, 2.75) is 6.42 Å². The highest BCUT2D eigenvalue weighted by Crippen LogP contribution is 2.17. The van der Waals surface area contributed by atoms with Crippen molar-refractivity contribution in [3.05, 3.63) is 60.7 Å². The second-order valence-electron chi connectivity index (χ2n) is 3.36. The first kappa shape index (κ1) is 13.0. The number of nitrogens with zero attached hydrogens (tertiary/aromatic N) is 1. The summed E-state index contributed by atoms with van der Waals surface area (Å²) < 4.78 is 0. The molecule has 0 bridgehead atoms. The minimum absolute atomic E-state index is 0.0174. The number of benzene rings is 2. The molecule has 0 saturated carbocycles. The van der Waals surface area contributed by atoms with E-state index in [4.69, 9.17) is 10.4 Å². The summed E-state index contributed by atoms with van der Waals surface area (Å²) in [5.41, 5.74) is 2.55. The van der Waals surface area contributed by atoms with E-state index in [-0.39, 0.29) is 13.0 Å². The summed E-state index contributed by atoms with van der Waals surface area (Å²) in [6.45, 7) is -0.0174. The van der Waals surface area contributed by atoms with Crippen molar-refractivity contribution < 1.29 is 5.11 Å². The maximum atomic E-state index is 7.84. The smallest absolute Gasteiger partial charge is 0.0645 e. The number of aliphatic hydroxyl groups is 1. The molecule has 0 aliphatic heterocycles. The third-order valence-electron chi connectivity index (χ3n) is 2.10. The van der Waals surface area contributed by atoms with Crippen LogP contribution in [0, 0.1) is 11.3 Å². The third kappa shape index (κ3) is 4.96. The Kier molecular flexibility index (Phi) is 6.17. The van der Waals surface area contributed by atoms with Gasteiger partial charge in [-0.3, -0.25) is 0 Å². The molecule has 0 radical (unpaired) electrons. The van der Waals surface area contributed by atoms with Crippen LogP contribution in [-0.2, 0) is 0 Å². The average Bonchev–Trinajstić information content (AvgIpc) is 2.42. The zero-order valence-corrected chi connectivity index (χ0v) is 9.58. The Hall–Kier alpha value is -2.11. The average molecular weight is 225 g/mol. The largest absolute Gasteiger partial charge is 0.395 e. The van der Waals surface area contributed by atoms with Gasteiger partial charge in [0.1, 0.15) is 0 Å². The van der Waals surface area contributed by atoms with Crippen molar-refractivity contribution in [3.63, 3.8) is 0 Å². The number of nitriles is 1. The Morgan fingerprint density at radius 3 is 1.47 bits per heavy atom. The first-order valence-electron chi connectivity index (χ1n) is 5.46. The second-order valence-corrected chi connectivity index (χ2v) is 3.36. The van der Waals surface area contributed by atoms with Crippen LogP contribution in [0.2, 0.25) is 0 Å². The van der Waals surface area contributed by atoms with Gasteiger partial charge in [-0.25, -0.2) is 0 Å². The molecule has 0 fully saturated rings. The van der Waals surface area contributed by atoms with Gasteiger partial charge in [-0.05, 0) is 11.1 Å². The van der Waals surface area contributed by atoms with Gasteiger partial charge in [-0.2, -0.15) is 5.26 Å². The normalized spacial score (nSPS) is 8.71. The van der Waals surface area contributed by atoms with Crippen molar-refractivity contribution >= 4 is 0 Å². The van der Waals surface area contributed by atoms with Crippen LogP contribution in [0.25, 0.3) is 11.1 Å². The van der Waals surface area contributed by atoms with Gasteiger partial charge >= 0.3 is 0 Å². The molecule has 0 aliphatic carbocycles. The lowest BCUT2D eigenvalue weighted by Gasteiger charge is -1.98. The summed E-state index contributed by atoms with van der Waals surface area (Å²) in [6, 6.07) is 22.5. The predicted octanol–water partition coefficient (Wildman–Crippen LogP) is 3.25. The van der Waals surface area contributed by atoms with E-state index in [9.17, 15) is 0 Å². The van der Waals surface area contributed by atoms with Crippen LogP contribution < -0.4 is 0 Å². The lowest BCUT2D eigenvalue weighted by atomic mass is 10.1. The van der Waals surface area contributed by atoms with Crippen molar-refractivity contribution in [1.82, 2.24) is 0 Å². The minimum atomic E-state index is -0.0174. The Bertz CT molecular complexity index is 408. The van der Waals surface area contributed by atoms with E-state index in [0.29, 0.717) is 0 Å². The highest BCUT2D eigenvalue weighted by atomic mass is 16.2. The van der Waals surface area contributed by atoms with Crippen LogP contribution in [0.1, 0.15) is 6.42 Å². The fourth-order valence-corrected chi connectivity index (χ4v) is 1.31. The van der Waals surface area contributed by atoms with Gasteiger partial charge in [0.05, 0.1) is 19.1 Å². The van der Waals surface area contributed by atoms with Crippen LogP contribution in [0.3, 0.4) is 0 Å². The summed E-state index contributed by atoms with van der Waals surface area (Å²) in [5, 5.41) is 15.5. The Morgan fingerprint density at radius 1 is 0.824 bits per heavy atom. The molecule has 2 nitrogen and oxygen atoms in total. The quantitative estimate of drug-likeness (QED) is 0.852. The lowest BCUT2D eigenvalue weighted by Crippen LogP contribution is -1.73. The minimum Gasteiger partial charge on any atom is -0.395 e. The monoisotopic (exact) mass is 225 g/mol. The molecule has 17 heavy (non-hydrogen) atoms. The van der Waals surface area contributed by atoms with Crippen LogP contribution in [0.5, 0.6) is 0 Å². The highest BCUT2D eigenvalue weighted by molar-refractivity contribution is 5.62. The first-order chi connectivity index (χ1) is 8.38. The molecule has 86 valence electrons. The molecule has 2 aromatic carbocycles. The van der Waals surface area contributed by atoms with Gasteiger partial charge in [-0.15, -0.1) is 0 Å². The topological polar surface area (TPSA) is 44.0 Å². The summed E-state index contributed by atoms with van der Waals surface area (Å²) >= 11 is 0. The van der Waals surface area contributed by atoms with Crippen molar-refractivity contribution in [2.75, 3.05) is 6.61 Å².